The van der Waals surface area contributed by atoms with Gasteiger partial charge in [-0.1, -0.05) is 30.3 Å². The number of carbonyl (C=O) groups excluding carboxylic acids is 2. The van der Waals surface area contributed by atoms with E-state index in [1.165, 1.54) is 38.5 Å². The van der Waals surface area contributed by atoms with E-state index >= 15 is 0 Å². The molecule has 118 valence electrons. The Hall–Kier alpha value is -3.08. The van der Waals surface area contributed by atoms with Crippen LogP contribution in [0.5, 0.6) is 11.5 Å². The average Bonchev–Trinajstić information content (AvgIpc) is 2.60. The third-order valence-corrected chi connectivity index (χ3v) is 3.01. The Morgan fingerprint density at radius 2 is 1.70 bits per heavy atom. The zero-order valence-corrected chi connectivity index (χ0v) is 12.8. The van der Waals surface area contributed by atoms with E-state index in [0.29, 0.717) is 5.56 Å². The van der Waals surface area contributed by atoms with Crippen LogP contribution in [0.15, 0.2) is 54.6 Å². The molecule has 23 heavy (non-hydrogen) atoms. The van der Waals surface area contributed by atoms with Gasteiger partial charge in [-0.15, -0.1) is 0 Å². The van der Waals surface area contributed by atoms with E-state index < -0.39 is 11.9 Å². The van der Waals surface area contributed by atoms with Crippen molar-refractivity contribution >= 4 is 18.0 Å². The van der Waals surface area contributed by atoms with E-state index in [9.17, 15) is 9.59 Å². The number of esters is 2. The van der Waals surface area contributed by atoms with Crippen molar-refractivity contribution < 1.29 is 23.8 Å². The molecule has 0 aliphatic carbocycles. The molecule has 0 heterocycles. The fourth-order valence-corrected chi connectivity index (χ4v) is 1.87. The van der Waals surface area contributed by atoms with Crippen LogP contribution in [0.25, 0.3) is 6.08 Å². The van der Waals surface area contributed by atoms with Crippen molar-refractivity contribution in [1.29, 1.82) is 0 Å². The average molecular weight is 312 g/mol. The summed E-state index contributed by atoms with van der Waals surface area (Å²) in [5, 5.41) is 0. The molecule has 0 saturated heterocycles. The highest BCUT2D eigenvalue weighted by atomic mass is 16.6. The highest BCUT2D eigenvalue weighted by Gasteiger charge is 2.13. The fourth-order valence-electron chi connectivity index (χ4n) is 1.87. The predicted molar refractivity (Wildman–Crippen MR) is 85.4 cm³/mol. The van der Waals surface area contributed by atoms with Crippen LogP contribution >= 0.6 is 0 Å². The number of rotatable bonds is 5. The van der Waals surface area contributed by atoms with Gasteiger partial charge in [-0.3, -0.25) is 0 Å². The molecule has 0 saturated carbocycles. The first-order valence-electron chi connectivity index (χ1n) is 6.85. The maximum absolute atomic E-state index is 11.9. The minimum Gasteiger partial charge on any atom is -0.493 e. The number of methoxy groups -OCH3 is 2. The topological polar surface area (TPSA) is 61.8 Å². The van der Waals surface area contributed by atoms with Crippen LogP contribution in [0.1, 0.15) is 15.9 Å². The molecule has 2 aromatic rings. The van der Waals surface area contributed by atoms with Gasteiger partial charge in [0.05, 0.1) is 19.8 Å². The Morgan fingerprint density at radius 1 is 0.957 bits per heavy atom. The highest BCUT2D eigenvalue weighted by Crippen LogP contribution is 2.28. The maximum atomic E-state index is 11.9. The van der Waals surface area contributed by atoms with E-state index in [2.05, 4.69) is 4.74 Å². The second-order valence-corrected chi connectivity index (χ2v) is 4.52. The summed E-state index contributed by atoms with van der Waals surface area (Å²) < 4.78 is 15.0. The summed E-state index contributed by atoms with van der Waals surface area (Å²) in [6.45, 7) is 0. The van der Waals surface area contributed by atoms with Gasteiger partial charge in [-0.25, -0.2) is 9.59 Å². The van der Waals surface area contributed by atoms with Gasteiger partial charge in [0.15, 0.2) is 11.5 Å². The first kappa shape index (κ1) is 16.3. The van der Waals surface area contributed by atoms with E-state index in [4.69, 9.17) is 9.47 Å². The Balaban J connectivity index is 2.11. The van der Waals surface area contributed by atoms with Crippen molar-refractivity contribution in [2.75, 3.05) is 14.2 Å². The van der Waals surface area contributed by atoms with E-state index in [1.807, 2.05) is 30.3 Å². The summed E-state index contributed by atoms with van der Waals surface area (Å²) in [5.41, 5.74) is 1.20. The Labute approximate surface area is 134 Å². The quantitative estimate of drug-likeness (QED) is 0.482. The van der Waals surface area contributed by atoms with Crippen molar-refractivity contribution in [2.24, 2.45) is 0 Å². The van der Waals surface area contributed by atoms with Crippen LogP contribution in [0.4, 0.5) is 0 Å². The third kappa shape index (κ3) is 4.44. The lowest BCUT2D eigenvalue weighted by atomic mass is 10.2. The highest BCUT2D eigenvalue weighted by molar-refractivity contribution is 5.91. The maximum Gasteiger partial charge on any atom is 0.337 e. The first-order chi connectivity index (χ1) is 11.1. The molecule has 2 rings (SSSR count). The number of hydrogen-bond donors (Lipinski definition) is 0. The van der Waals surface area contributed by atoms with Gasteiger partial charge in [-0.2, -0.15) is 0 Å². The normalized spacial score (nSPS) is 10.3. The van der Waals surface area contributed by atoms with Gasteiger partial charge >= 0.3 is 11.9 Å². The van der Waals surface area contributed by atoms with Crippen molar-refractivity contribution in [1.82, 2.24) is 0 Å². The first-order valence-corrected chi connectivity index (χ1v) is 6.85. The number of benzene rings is 2. The SMILES string of the molecule is COC(=O)c1ccc(OC(=O)C=Cc2ccccc2)c(OC)c1. The number of hydrogen-bond acceptors (Lipinski definition) is 5. The zero-order chi connectivity index (χ0) is 16.7. The van der Waals surface area contributed by atoms with Gasteiger partial charge in [0.2, 0.25) is 0 Å². The van der Waals surface area contributed by atoms with Crippen LogP contribution in [0.2, 0.25) is 0 Å². The lowest BCUT2D eigenvalue weighted by molar-refractivity contribution is -0.129. The summed E-state index contributed by atoms with van der Waals surface area (Å²) in [5.74, 6) is -0.541. The van der Waals surface area contributed by atoms with E-state index in [0.717, 1.165) is 5.56 Å². The lowest BCUT2D eigenvalue weighted by Crippen LogP contribution is -2.07. The standard InChI is InChI=1S/C18H16O5/c1-21-16-12-14(18(20)22-2)9-10-15(16)23-17(19)11-8-13-6-4-3-5-7-13/h3-12H,1-2H3. The van der Waals surface area contributed by atoms with Gasteiger partial charge in [0, 0.05) is 6.08 Å². The predicted octanol–water partition coefficient (Wildman–Crippen LogP) is 3.10. The van der Waals surface area contributed by atoms with E-state index in [1.54, 1.807) is 6.08 Å². The lowest BCUT2D eigenvalue weighted by Gasteiger charge is -2.09. The van der Waals surface area contributed by atoms with Crippen LogP contribution in [0, 0.1) is 0 Å². The fraction of sp³-hybridized carbons (Fsp3) is 0.111. The van der Waals surface area contributed by atoms with Crippen molar-refractivity contribution in [3.05, 3.63) is 65.7 Å². The molecule has 5 heteroatoms. The molecule has 5 nitrogen and oxygen atoms in total. The van der Waals surface area contributed by atoms with Gasteiger partial charge < -0.3 is 14.2 Å². The van der Waals surface area contributed by atoms with Crippen LogP contribution in [0.3, 0.4) is 0 Å². The third-order valence-electron chi connectivity index (χ3n) is 3.01. The van der Waals surface area contributed by atoms with Crippen LogP contribution in [-0.2, 0) is 9.53 Å². The minimum atomic E-state index is -0.544. The van der Waals surface area contributed by atoms with E-state index in [-0.39, 0.29) is 11.5 Å². The molecule has 0 aliphatic rings. The molecule has 0 atom stereocenters. The second kappa shape index (κ2) is 7.79. The molecule has 0 amide bonds. The molecule has 2 aromatic carbocycles. The Bertz CT molecular complexity index is 719. The Morgan fingerprint density at radius 3 is 2.35 bits per heavy atom. The molecule has 0 bridgehead atoms. The zero-order valence-electron chi connectivity index (χ0n) is 12.8. The number of carbonyl (C=O) groups is 2. The van der Waals surface area contributed by atoms with Crippen molar-refractivity contribution in [3.63, 3.8) is 0 Å². The summed E-state index contributed by atoms with van der Waals surface area (Å²) in [6, 6.07) is 13.8. The van der Waals surface area contributed by atoms with Crippen molar-refractivity contribution in [3.8, 4) is 11.5 Å². The summed E-state index contributed by atoms with van der Waals surface area (Å²) in [4.78, 5) is 23.4. The molecule has 0 unspecified atom stereocenters. The molecular weight excluding hydrogens is 296 g/mol. The molecular formula is C18H16O5. The largest absolute Gasteiger partial charge is 0.493 e. The smallest absolute Gasteiger partial charge is 0.337 e. The van der Waals surface area contributed by atoms with Gasteiger partial charge in [-0.05, 0) is 29.8 Å². The monoisotopic (exact) mass is 312 g/mol. The summed E-state index contributed by atoms with van der Waals surface area (Å²) >= 11 is 0. The molecule has 0 spiro atoms. The second-order valence-electron chi connectivity index (χ2n) is 4.52. The molecule has 0 aromatic heterocycles. The van der Waals surface area contributed by atoms with Gasteiger partial charge in [0.25, 0.3) is 0 Å². The van der Waals surface area contributed by atoms with Crippen LogP contribution < -0.4 is 9.47 Å². The van der Waals surface area contributed by atoms with Crippen molar-refractivity contribution in [2.45, 2.75) is 0 Å². The minimum absolute atomic E-state index is 0.225. The Kier molecular flexibility index (Phi) is 5.52. The van der Waals surface area contributed by atoms with Crippen LogP contribution in [-0.4, -0.2) is 26.2 Å². The molecule has 0 radical (unpaired) electrons. The molecule has 0 fully saturated rings. The summed E-state index contributed by atoms with van der Waals surface area (Å²) in [6.07, 6.45) is 2.97. The summed E-state index contributed by atoms with van der Waals surface area (Å²) in [7, 11) is 2.71. The molecule has 0 aliphatic heterocycles. The number of ether oxygens (including phenoxy) is 3. The van der Waals surface area contributed by atoms with Gasteiger partial charge in [0.1, 0.15) is 0 Å². The molecule has 0 N–H and O–H groups in total.